The first-order valence-electron chi connectivity index (χ1n) is 9.83. The van der Waals surface area contributed by atoms with E-state index in [2.05, 4.69) is 70.8 Å². The van der Waals surface area contributed by atoms with E-state index in [0.717, 1.165) is 17.0 Å². The summed E-state index contributed by atoms with van der Waals surface area (Å²) in [4.78, 5) is 16.9. The largest absolute Gasteiger partial charge is 0.491 e. The fourth-order valence-corrected chi connectivity index (χ4v) is 2.83. The van der Waals surface area contributed by atoms with Gasteiger partial charge in [-0.05, 0) is 34.6 Å². The van der Waals surface area contributed by atoms with E-state index >= 15 is 0 Å². The zero-order chi connectivity index (χ0) is 20.0. The Morgan fingerprint density at radius 3 is 2.22 bits per heavy atom. The van der Waals surface area contributed by atoms with Crippen LogP contribution < -0.4 is 4.74 Å². The number of hydrogen-bond donors (Lipinski definition) is 0. The number of rotatable bonds is 8. The Morgan fingerprint density at radius 1 is 1.04 bits per heavy atom. The SMILES string of the molecule is CC(C)c1ccc(CC(=O)C[C@H](C)c2ccc(OCC(C)(C)C)cn2)cc1. The number of ketones is 1. The molecule has 0 amide bonds. The molecular formula is C24H33NO2. The molecule has 0 radical (unpaired) electrons. The van der Waals surface area contributed by atoms with Crippen molar-refractivity contribution in [2.75, 3.05) is 6.61 Å². The van der Waals surface area contributed by atoms with Gasteiger partial charge in [-0.1, -0.05) is 65.8 Å². The molecule has 146 valence electrons. The van der Waals surface area contributed by atoms with Crippen LogP contribution in [-0.2, 0) is 11.2 Å². The van der Waals surface area contributed by atoms with Crippen molar-refractivity contribution in [1.29, 1.82) is 0 Å². The minimum absolute atomic E-state index is 0.101. The minimum atomic E-state index is 0.101. The molecule has 0 saturated heterocycles. The van der Waals surface area contributed by atoms with E-state index in [-0.39, 0.29) is 17.1 Å². The summed E-state index contributed by atoms with van der Waals surface area (Å²) in [6.07, 6.45) is 2.74. The van der Waals surface area contributed by atoms with Crippen molar-refractivity contribution < 1.29 is 9.53 Å². The maximum absolute atomic E-state index is 12.4. The Balaban J connectivity index is 1.88. The number of Topliss-reactive ketones (excluding diaryl/α,β-unsaturated/α-hetero) is 1. The molecule has 3 nitrogen and oxygen atoms in total. The third-order valence-corrected chi connectivity index (χ3v) is 4.52. The van der Waals surface area contributed by atoms with E-state index in [4.69, 9.17) is 4.74 Å². The second-order valence-corrected chi connectivity index (χ2v) is 8.99. The predicted octanol–water partition coefficient (Wildman–Crippen LogP) is 5.94. The van der Waals surface area contributed by atoms with Gasteiger partial charge in [0, 0.05) is 24.5 Å². The van der Waals surface area contributed by atoms with Gasteiger partial charge in [0.15, 0.2) is 0 Å². The minimum Gasteiger partial charge on any atom is -0.491 e. The monoisotopic (exact) mass is 367 g/mol. The number of carbonyl (C=O) groups is 1. The highest BCUT2D eigenvalue weighted by Crippen LogP contribution is 2.22. The average molecular weight is 368 g/mol. The van der Waals surface area contributed by atoms with Gasteiger partial charge < -0.3 is 4.74 Å². The van der Waals surface area contributed by atoms with Crippen LogP contribution in [0.1, 0.15) is 76.6 Å². The van der Waals surface area contributed by atoms with Gasteiger partial charge in [0.2, 0.25) is 0 Å². The summed E-state index contributed by atoms with van der Waals surface area (Å²) in [7, 11) is 0. The lowest BCUT2D eigenvalue weighted by molar-refractivity contribution is -0.118. The molecule has 0 aliphatic rings. The second kappa shape index (κ2) is 9.16. The van der Waals surface area contributed by atoms with Gasteiger partial charge in [0.25, 0.3) is 0 Å². The molecule has 0 unspecified atom stereocenters. The Hall–Kier alpha value is -2.16. The van der Waals surface area contributed by atoms with Crippen LogP contribution in [0.3, 0.4) is 0 Å². The number of benzene rings is 1. The van der Waals surface area contributed by atoms with Crippen LogP contribution >= 0.6 is 0 Å². The number of pyridine rings is 1. The summed E-state index contributed by atoms with van der Waals surface area (Å²) < 4.78 is 5.76. The van der Waals surface area contributed by atoms with Crippen molar-refractivity contribution in [3.05, 3.63) is 59.4 Å². The molecule has 2 rings (SSSR count). The summed E-state index contributed by atoms with van der Waals surface area (Å²) >= 11 is 0. The molecule has 0 aliphatic heterocycles. The number of aromatic nitrogens is 1. The number of nitrogens with zero attached hydrogens (tertiary/aromatic N) is 1. The second-order valence-electron chi connectivity index (χ2n) is 8.99. The fraction of sp³-hybridized carbons (Fsp3) is 0.500. The van der Waals surface area contributed by atoms with Crippen LogP contribution in [0.15, 0.2) is 42.6 Å². The normalized spacial score (nSPS) is 12.9. The molecule has 1 aromatic heterocycles. The molecule has 2 aromatic rings. The molecular weight excluding hydrogens is 334 g/mol. The summed E-state index contributed by atoms with van der Waals surface area (Å²) in [5.74, 6) is 1.63. The molecule has 0 spiro atoms. The summed E-state index contributed by atoms with van der Waals surface area (Å²) in [5, 5.41) is 0. The maximum Gasteiger partial charge on any atom is 0.137 e. The van der Waals surface area contributed by atoms with E-state index in [1.54, 1.807) is 6.20 Å². The molecule has 0 bridgehead atoms. The first kappa shape index (κ1) is 21.1. The van der Waals surface area contributed by atoms with Crippen molar-refractivity contribution in [2.45, 2.75) is 66.2 Å². The lowest BCUT2D eigenvalue weighted by Gasteiger charge is -2.19. The average Bonchev–Trinajstić information content (AvgIpc) is 2.60. The van der Waals surface area contributed by atoms with Gasteiger partial charge in [-0.25, -0.2) is 0 Å². The first-order chi connectivity index (χ1) is 12.6. The quantitative estimate of drug-likeness (QED) is 0.580. The standard InChI is InChI=1S/C24H33NO2/c1-17(2)20-9-7-19(8-10-20)14-21(26)13-18(3)23-12-11-22(15-25-23)27-16-24(4,5)6/h7-12,15,17-18H,13-14,16H2,1-6H3/t18-/m0/s1. The smallest absolute Gasteiger partial charge is 0.137 e. The van der Waals surface area contributed by atoms with Crippen LogP contribution in [-0.4, -0.2) is 17.4 Å². The van der Waals surface area contributed by atoms with Crippen molar-refractivity contribution in [1.82, 2.24) is 4.98 Å². The molecule has 1 aromatic carbocycles. The van der Waals surface area contributed by atoms with E-state index in [1.807, 2.05) is 12.1 Å². The molecule has 1 heterocycles. The molecule has 1 atom stereocenters. The van der Waals surface area contributed by atoms with Crippen LogP contribution in [0.4, 0.5) is 0 Å². The van der Waals surface area contributed by atoms with Crippen LogP contribution in [0.2, 0.25) is 0 Å². The molecule has 27 heavy (non-hydrogen) atoms. The number of hydrogen-bond acceptors (Lipinski definition) is 3. The van der Waals surface area contributed by atoms with Crippen molar-refractivity contribution in [3.63, 3.8) is 0 Å². The molecule has 3 heteroatoms. The summed E-state index contributed by atoms with van der Waals surface area (Å²) in [5.41, 5.74) is 3.43. The zero-order valence-corrected chi connectivity index (χ0v) is 17.6. The summed E-state index contributed by atoms with van der Waals surface area (Å²) in [6, 6.07) is 12.3. The van der Waals surface area contributed by atoms with Crippen LogP contribution in [0, 0.1) is 5.41 Å². The molecule has 0 fully saturated rings. The number of ether oxygens (including phenoxy) is 1. The highest BCUT2D eigenvalue weighted by atomic mass is 16.5. The molecule has 0 N–H and O–H groups in total. The van der Waals surface area contributed by atoms with Crippen LogP contribution in [0.5, 0.6) is 5.75 Å². The lowest BCUT2D eigenvalue weighted by atomic mass is 9.95. The lowest BCUT2D eigenvalue weighted by Crippen LogP contribution is -2.17. The predicted molar refractivity (Wildman–Crippen MR) is 111 cm³/mol. The number of carbonyl (C=O) groups excluding carboxylic acids is 1. The van der Waals surface area contributed by atoms with Gasteiger partial charge in [-0.2, -0.15) is 0 Å². The van der Waals surface area contributed by atoms with Crippen LogP contribution in [0.25, 0.3) is 0 Å². The van der Waals surface area contributed by atoms with Gasteiger partial charge in [-0.15, -0.1) is 0 Å². The highest BCUT2D eigenvalue weighted by Gasteiger charge is 2.15. The Labute approximate surface area is 164 Å². The van der Waals surface area contributed by atoms with Crippen molar-refractivity contribution in [3.8, 4) is 5.75 Å². The maximum atomic E-state index is 12.4. The molecule has 0 aliphatic carbocycles. The third kappa shape index (κ3) is 7.16. The third-order valence-electron chi connectivity index (χ3n) is 4.52. The zero-order valence-electron chi connectivity index (χ0n) is 17.6. The van der Waals surface area contributed by atoms with Crippen molar-refractivity contribution in [2.24, 2.45) is 5.41 Å². The van der Waals surface area contributed by atoms with E-state index in [1.165, 1.54) is 5.56 Å². The van der Waals surface area contributed by atoms with Gasteiger partial charge in [-0.3, -0.25) is 9.78 Å². The molecule has 0 saturated carbocycles. The van der Waals surface area contributed by atoms with Gasteiger partial charge >= 0.3 is 0 Å². The highest BCUT2D eigenvalue weighted by molar-refractivity contribution is 5.81. The van der Waals surface area contributed by atoms with E-state index in [0.29, 0.717) is 25.4 Å². The van der Waals surface area contributed by atoms with E-state index < -0.39 is 0 Å². The summed E-state index contributed by atoms with van der Waals surface area (Å²) in [6.45, 7) is 13.5. The van der Waals surface area contributed by atoms with Gasteiger partial charge in [0.05, 0.1) is 12.8 Å². The van der Waals surface area contributed by atoms with Crippen molar-refractivity contribution >= 4 is 5.78 Å². The first-order valence-corrected chi connectivity index (χ1v) is 9.83. The van der Waals surface area contributed by atoms with Gasteiger partial charge in [0.1, 0.15) is 11.5 Å². The topological polar surface area (TPSA) is 39.2 Å². The Morgan fingerprint density at radius 2 is 1.70 bits per heavy atom. The van der Waals surface area contributed by atoms with E-state index in [9.17, 15) is 4.79 Å². The Bertz CT molecular complexity index is 724. The fourth-order valence-electron chi connectivity index (χ4n) is 2.83. The Kier molecular flexibility index (Phi) is 7.18.